The number of amides is 1. The van der Waals surface area contributed by atoms with E-state index < -0.39 is 26.0 Å². The van der Waals surface area contributed by atoms with Crippen molar-refractivity contribution in [3.63, 3.8) is 0 Å². The molecule has 0 saturated heterocycles. The van der Waals surface area contributed by atoms with Gasteiger partial charge in [0.25, 0.3) is 10.0 Å². The molecule has 0 saturated carbocycles. The van der Waals surface area contributed by atoms with Gasteiger partial charge in [-0.1, -0.05) is 25.1 Å². The number of carbonyl (C=O) groups excluding carboxylic acids is 1. The number of amidine groups is 1. The second-order valence-corrected chi connectivity index (χ2v) is 10.6. The van der Waals surface area contributed by atoms with E-state index in [2.05, 4.69) is 14.4 Å². The van der Waals surface area contributed by atoms with Crippen LogP contribution in [-0.4, -0.2) is 52.8 Å². The number of hydrogen-bond acceptors (Lipinski definition) is 6. The van der Waals surface area contributed by atoms with Gasteiger partial charge in [-0.05, 0) is 43.2 Å². The lowest BCUT2D eigenvalue weighted by Crippen LogP contribution is -2.35. The Labute approximate surface area is 182 Å². The quantitative estimate of drug-likeness (QED) is 0.647. The Morgan fingerprint density at radius 1 is 1.10 bits per heavy atom. The second kappa shape index (κ2) is 8.67. The molecule has 0 bridgehead atoms. The Morgan fingerprint density at radius 2 is 1.77 bits per heavy atom. The molecule has 0 unspecified atom stereocenters. The third-order valence-corrected chi connectivity index (χ3v) is 7.50. The van der Waals surface area contributed by atoms with Gasteiger partial charge in [0.05, 0.1) is 18.0 Å². The lowest BCUT2D eigenvalue weighted by atomic mass is 10.1. The van der Waals surface area contributed by atoms with Gasteiger partial charge in [-0.2, -0.15) is 8.42 Å². The molecule has 0 fully saturated rings. The van der Waals surface area contributed by atoms with E-state index in [0.717, 1.165) is 0 Å². The van der Waals surface area contributed by atoms with Crippen molar-refractivity contribution in [3.8, 4) is 0 Å². The van der Waals surface area contributed by atoms with Crippen LogP contribution in [0.2, 0.25) is 0 Å². The van der Waals surface area contributed by atoms with Crippen LogP contribution < -0.4 is 10.0 Å². The van der Waals surface area contributed by atoms with Crippen molar-refractivity contribution in [2.75, 3.05) is 29.4 Å². The summed E-state index contributed by atoms with van der Waals surface area (Å²) in [6.45, 7) is 3.33. The Balaban J connectivity index is 1.74. The van der Waals surface area contributed by atoms with Crippen LogP contribution in [0.25, 0.3) is 0 Å². The number of sulfonamides is 2. The zero-order valence-electron chi connectivity index (χ0n) is 17.4. The van der Waals surface area contributed by atoms with Crippen molar-refractivity contribution < 1.29 is 21.6 Å². The normalized spacial score (nSPS) is 14.5. The average molecular weight is 465 g/mol. The number of rotatable bonds is 7. The van der Waals surface area contributed by atoms with Gasteiger partial charge in [-0.3, -0.25) is 9.52 Å². The molecule has 2 aromatic rings. The average Bonchev–Trinajstić information content (AvgIpc) is 2.96. The second-order valence-electron chi connectivity index (χ2n) is 7.19. The minimum Gasteiger partial charge on any atom is -0.349 e. The van der Waals surface area contributed by atoms with E-state index in [1.54, 1.807) is 57.3 Å². The SMILES string of the molecule is CCCS(=O)(=O)Nc1cccc(NC(=O)CN(C)C2=NS(=O)(=O)c3ccccc32)c1C. The summed E-state index contributed by atoms with van der Waals surface area (Å²) in [6.07, 6.45) is 0.486. The number of nitrogens with one attached hydrogen (secondary N) is 2. The largest absolute Gasteiger partial charge is 0.349 e. The molecule has 2 N–H and O–H groups in total. The van der Waals surface area contributed by atoms with Gasteiger partial charge in [0.2, 0.25) is 15.9 Å². The van der Waals surface area contributed by atoms with Gasteiger partial charge >= 0.3 is 0 Å². The molecule has 0 atom stereocenters. The summed E-state index contributed by atoms with van der Waals surface area (Å²) >= 11 is 0. The highest BCUT2D eigenvalue weighted by Crippen LogP contribution is 2.27. The smallest absolute Gasteiger partial charge is 0.285 e. The Hall–Kier alpha value is -2.92. The van der Waals surface area contributed by atoms with E-state index in [-0.39, 0.29) is 23.0 Å². The number of benzene rings is 2. The lowest BCUT2D eigenvalue weighted by molar-refractivity contribution is -0.116. The monoisotopic (exact) mass is 464 g/mol. The van der Waals surface area contributed by atoms with E-state index in [1.807, 2.05) is 0 Å². The molecule has 1 aliphatic heterocycles. The number of fused-ring (bicyclic) bond motifs is 1. The highest BCUT2D eigenvalue weighted by atomic mass is 32.2. The molecule has 3 rings (SSSR count). The van der Waals surface area contributed by atoms with Crippen LogP contribution >= 0.6 is 0 Å². The summed E-state index contributed by atoms with van der Waals surface area (Å²) in [5, 5.41) is 2.75. The zero-order chi connectivity index (χ0) is 22.8. The van der Waals surface area contributed by atoms with Gasteiger partial charge in [-0.15, -0.1) is 4.40 Å². The van der Waals surface area contributed by atoms with Crippen LogP contribution in [0, 0.1) is 6.92 Å². The molecule has 0 radical (unpaired) electrons. The van der Waals surface area contributed by atoms with Crippen molar-refractivity contribution in [2.45, 2.75) is 25.2 Å². The number of anilines is 2. The summed E-state index contributed by atoms with van der Waals surface area (Å²) in [7, 11) is -5.66. The summed E-state index contributed by atoms with van der Waals surface area (Å²) in [4.78, 5) is 14.2. The fourth-order valence-corrected chi connectivity index (χ4v) is 5.66. The molecule has 1 heterocycles. The number of carbonyl (C=O) groups is 1. The Kier molecular flexibility index (Phi) is 6.37. The van der Waals surface area contributed by atoms with Crippen LogP contribution in [0.3, 0.4) is 0 Å². The van der Waals surface area contributed by atoms with E-state index in [9.17, 15) is 21.6 Å². The first-order valence-electron chi connectivity index (χ1n) is 9.59. The van der Waals surface area contributed by atoms with Gasteiger partial charge in [0.1, 0.15) is 4.90 Å². The molecule has 166 valence electrons. The van der Waals surface area contributed by atoms with Gasteiger partial charge in [-0.25, -0.2) is 8.42 Å². The fraction of sp³-hybridized carbons (Fsp3) is 0.300. The van der Waals surface area contributed by atoms with Crippen molar-refractivity contribution in [1.29, 1.82) is 0 Å². The minimum absolute atomic E-state index is 0.000313. The third kappa shape index (κ3) is 5.05. The molecule has 9 nitrogen and oxygen atoms in total. The highest BCUT2D eigenvalue weighted by molar-refractivity contribution is 7.92. The standard InChI is InChI=1S/C20H24N4O5S2/c1-4-12-30(26,27)22-17-10-7-9-16(14(17)2)21-19(25)13-24(3)20-15-8-5-6-11-18(15)31(28,29)23-20/h5-11,22H,4,12-13H2,1-3H3,(H,21,25). The van der Waals surface area contributed by atoms with Gasteiger partial charge in [0, 0.05) is 18.3 Å². The summed E-state index contributed by atoms with van der Waals surface area (Å²) in [5.41, 5.74) is 1.86. The summed E-state index contributed by atoms with van der Waals surface area (Å²) in [6, 6.07) is 11.4. The fourth-order valence-electron chi connectivity index (χ4n) is 3.21. The van der Waals surface area contributed by atoms with E-state index in [0.29, 0.717) is 28.9 Å². The highest BCUT2D eigenvalue weighted by Gasteiger charge is 2.31. The number of likely N-dealkylation sites (N-methyl/N-ethyl adjacent to an activating group) is 1. The number of hydrogen-bond donors (Lipinski definition) is 2. The molecule has 31 heavy (non-hydrogen) atoms. The van der Waals surface area contributed by atoms with E-state index in [4.69, 9.17) is 0 Å². The maximum Gasteiger partial charge on any atom is 0.285 e. The van der Waals surface area contributed by atoms with Crippen LogP contribution in [0.5, 0.6) is 0 Å². The topological polar surface area (TPSA) is 125 Å². The minimum atomic E-state index is -3.78. The van der Waals surface area contributed by atoms with Crippen molar-refractivity contribution in [1.82, 2.24) is 4.90 Å². The molecule has 0 spiro atoms. The van der Waals surface area contributed by atoms with E-state index >= 15 is 0 Å². The third-order valence-electron chi connectivity index (χ3n) is 4.70. The maximum atomic E-state index is 12.6. The Bertz CT molecular complexity index is 1250. The van der Waals surface area contributed by atoms with Crippen LogP contribution in [0.4, 0.5) is 11.4 Å². The molecule has 1 amide bonds. The summed E-state index contributed by atoms with van der Waals surface area (Å²) < 4.78 is 54.9. The molecule has 0 aliphatic carbocycles. The van der Waals surface area contributed by atoms with Crippen molar-refractivity contribution in [2.24, 2.45) is 4.40 Å². The summed E-state index contributed by atoms with van der Waals surface area (Å²) in [5.74, 6) is -0.201. The van der Waals surface area contributed by atoms with Crippen molar-refractivity contribution >= 4 is 43.2 Å². The van der Waals surface area contributed by atoms with Gasteiger partial charge in [0.15, 0.2) is 5.84 Å². The molecule has 11 heteroatoms. The molecular weight excluding hydrogens is 440 g/mol. The predicted octanol–water partition coefficient (Wildman–Crippen LogP) is 2.17. The van der Waals surface area contributed by atoms with Crippen LogP contribution in [0.1, 0.15) is 24.5 Å². The molecule has 2 aromatic carbocycles. The van der Waals surface area contributed by atoms with Crippen molar-refractivity contribution in [3.05, 3.63) is 53.6 Å². The predicted molar refractivity (Wildman–Crippen MR) is 120 cm³/mol. The first kappa shape index (κ1) is 22.8. The maximum absolute atomic E-state index is 12.6. The first-order valence-corrected chi connectivity index (χ1v) is 12.7. The molecule has 0 aromatic heterocycles. The Morgan fingerprint density at radius 3 is 2.48 bits per heavy atom. The van der Waals surface area contributed by atoms with E-state index in [1.165, 1.54) is 11.0 Å². The molecule has 1 aliphatic rings. The molecular formula is C20H24N4O5S2. The lowest BCUT2D eigenvalue weighted by Gasteiger charge is -2.19. The zero-order valence-corrected chi connectivity index (χ0v) is 19.0. The first-order chi connectivity index (χ1) is 14.5. The van der Waals surface area contributed by atoms with Crippen LogP contribution in [0.15, 0.2) is 51.8 Å². The number of nitrogens with zero attached hydrogens (tertiary/aromatic N) is 2. The van der Waals surface area contributed by atoms with Crippen LogP contribution in [-0.2, 0) is 24.8 Å². The van der Waals surface area contributed by atoms with Gasteiger partial charge < -0.3 is 10.2 Å².